The second-order valence-electron chi connectivity index (χ2n) is 4.49. The van der Waals surface area contributed by atoms with Gasteiger partial charge in [-0.25, -0.2) is 4.90 Å². The molecule has 0 radical (unpaired) electrons. The topological polar surface area (TPSA) is 67.9 Å². The highest BCUT2D eigenvalue weighted by molar-refractivity contribution is 5.75. The summed E-state index contributed by atoms with van der Waals surface area (Å²) in [4.78, 5) is 24.8. The van der Waals surface area contributed by atoms with E-state index < -0.39 is 5.85 Å². The van der Waals surface area contributed by atoms with Gasteiger partial charge in [-0.05, 0) is 6.42 Å². The zero-order chi connectivity index (χ0) is 13.6. The minimum atomic E-state index is -1.08. The molecule has 1 aliphatic heterocycles. The summed E-state index contributed by atoms with van der Waals surface area (Å²) in [5.74, 6) is -1.62. The molecule has 0 bridgehead atoms. The Morgan fingerprint density at radius 3 is 2.50 bits per heavy atom. The second kappa shape index (κ2) is 6.70. The Morgan fingerprint density at radius 1 is 1.39 bits per heavy atom. The summed E-state index contributed by atoms with van der Waals surface area (Å²) in [7, 11) is 0. The van der Waals surface area contributed by atoms with Crippen LogP contribution in [0.4, 0.5) is 0 Å². The summed E-state index contributed by atoms with van der Waals surface area (Å²) < 4.78 is 10.7. The van der Waals surface area contributed by atoms with Gasteiger partial charge in [0.25, 0.3) is 0 Å². The lowest BCUT2D eigenvalue weighted by Gasteiger charge is -2.42. The Kier molecular flexibility index (Phi) is 5.55. The number of nitrogens with one attached hydrogen (secondary N) is 1. The Hall–Kier alpha value is -1.14. The van der Waals surface area contributed by atoms with Crippen molar-refractivity contribution in [2.75, 3.05) is 26.3 Å². The maximum absolute atomic E-state index is 11.7. The lowest BCUT2D eigenvalue weighted by atomic mass is 10.3. The SMILES string of the molecule is CCCC(=O)OC(C)(NC(C)=O)N1CCOCC1. The summed E-state index contributed by atoms with van der Waals surface area (Å²) in [5, 5.41) is 2.70. The number of amides is 1. The van der Waals surface area contributed by atoms with Gasteiger partial charge < -0.3 is 14.8 Å². The molecule has 1 unspecified atom stereocenters. The molecule has 0 spiro atoms. The molecule has 1 fully saturated rings. The van der Waals surface area contributed by atoms with Crippen molar-refractivity contribution in [1.29, 1.82) is 0 Å². The van der Waals surface area contributed by atoms with E-state index in [-0.39, 0.29) is 11.9 Å². The molecule has 0 aromatic heterocycles. The lowest BCUT2D eigenvalue weighted by molar-refractivity contribution is -0.200. The van der Waals surface area contributed by atoms with Gasteiger partial charge in [0, 0.05) is 33.4 Å². The zero-order valence-electron chi connectivity index (χ0n) is 11.3. The summed E-state index contributed by atoms with van der Waals surface area (Å²) in [5.41, 5.74) is 0. The van der Waals surface area contributed by atoms with Crippen molar-refractivity contribution in [1.82, 2.24) is 10.2 Å². The normalized spacial score (nSPS) is 19.9. The average Bonchev–Trinajstić information content (AvgIpc) is 2.29. The van der Waals surface area contributed by atoms with Crippen LogP contribution in [0, 0.1) is 0 Å². The van der Waals surface area contributed by atoms with Crippen LogP contribution in [0.3, 0.4) is 0 Å². The summed E-state index contributed by atoms with van der Waals surface area (Å²) in [6, 6.07) is 0. The van der Waals surface area contributed by atoms with E-state index in [0.717, 1.165) is 6.42 Å². The molecule has 6 nitrogen and oxygen atoms in total. The first kappa shape index (κ1) is 14.9. The number of ether oxygens (including phenoxy) is 2. The standard InChI is InChI=1S/C12H22N2O4/c1-4-5-11(16)18-12(3,13-10(2)15)14-6-8-17-9-7-14/h4-9H2,1-3H3,(H,13,15). The highest BCUT2D eigenvalue weighted by Gasteiger charge is 2.37. The smallest absolute Gasteiger partial charge is 0.308 e. The van der Waals surface area contributed by atoms with Gasteiger partial charge in [-0.1, -0.05) is 6.92 Å². The molecule has 6 heteroatoms. The van der Waals surface area contributed by atoms with Crippen LogP contribution in [0.1, 0.15) is 33.6 Å². The zero-order valence-corrected chi connectivity index (χ0v) is 11.3. The summed E-state index contributed by atoms with van der Waals surface area (Å²) in [6.45, 7) is 7.40. The molecular formula is C12H22N2O4. The maximum atomic E-state index is 11.7. The predicted molar refractivity (Wildman–Crippen MR) is 65.6 cm³/mol. The van der Waals surface area contributed by atoms with Crippen LogP contribution in [0.5, 0.6) is 0 Å². The van der Waals surface area contributed by atoms with Gasteiger partial charge in [-0.15, -0.1) is 0 Å². The van der Waals surface area contributed by atoms with Crippen molar-refractivity contribution in [3.05, 3.63) is 0 Å². The van der Waals surface area contributed by atoms with Crippen molar-refractivity contribution in [3.8, 4) is 0 Å². The Balaban J connectivity index is 2.72. The predicted octanol–water partition coefficient (Wildman–Crippen LogP) is 0.472. The molecule has 104 valence electrons. The highest BCUT2D eigenvalue weighted by Crippen LogP contribution is 2.17. The maximum Gasteiger partial charge on any atom is 0.308 e. The van der Waals surface area contributed by atoms with E-state index in [1.54, 1.807) is 6.92 Å². The Bertz CT molecular complexity index is 302. The van der Waals surface area contributed by atoms with Crippen LogP contribution in [-0.4, -0.2) is 48.9 Å². The van der Waals surface area contributed by atoms with Gasteiger partial charge in [0.15, 0.2) is 0 Å². The average molecular weight is 258 g/mol. The van der Waals surface area contributed by atoms with Crippen molar-refractivity contribution in [2.24, 2.45) is 0 Å². The van der Waals surface area contributed by atoms with E-state index in [4.69, 9.17) is 9.47 Å². The quantitative estimate of drug-likeness (QED) is 0.573. The van der Waals surface area contributed by atoms with Crippen LogP contribution in [0.15, 0.2) is 0 Å². The molecule has 1 amide bonds. The van der Waals surface area contributed by atoms with Crippen molar-refractivity contribution < 1.29 is 19.1 Å². The van der Waals surface area contributed by atoms with Crippen molar-refractivity contribution >= 4 is 11.9 Å². The molecule has 18 heavy (non-hydrogen) atoms. The number of nitrogens with zero attached hydrogens (tertiary/aromatic N) is 1. The number of hydrogen-bond acceptors (Lipinski definition) is 5. The van der Waals surface area contributed by atoms with Crippen LogP contribution in [-0.2, 0) is 19.1 Å². The second-order valence-corrected chi connectivity index (χ2v) is 4.49. The molecule has 1 atom stereocenters. The van der Waals surface area contributed by atoms with Gasteiger partial charge in [0.05, 0.1) is 13.2 Å². The van der Waals surface area contributed by atoms with Crippen molar-refractivity contribution in [3.63, 3.8) is 0 Å². The van der Waals surface area contributed by atoms with Gasteiger partial charge in [-0.2, -0.15) is 0 Å². The number of rotatable bonds is 5. The molecule has 1 saturated heterocycles. The molecule has 0 saturated carbocycles. The van der Waals surface area contributed by atoms with Crippen molar-refractivity contribution in [2.45, 2.75) is 39.5 Å². The molecule has 0 aromatic rings. The Morgan fingerprint density at radius 2 is 2.00 bits per heavy atom. The fourth-order valence-corrected chi connectivity index (χ4v) is 1.96. The van der Waals surface area contributed by atoms with Crippen LogP contribution in [0.2, 0.25) is 0 Å². The molecule has 0 aromatic carbocycles. The van der Waals surface area contributed by atoms with Gasteiger partial charge in [0.2, 0.25) is 11.8 Å². The summed E-state index contributed by atoms with van der Waals surface area (Å²) >= 11 is 0. The van der Waals surface area contributed by atoms with E-state index in [2.05, 4.69) is 5.32 Å². The third-order valence-corrected chi connectivity index (χ3v) is 2.79. The number of carbonyl (C=O) groups excluding carboxylic acids is 2. The lowest BCUT2D eigenvalue weighted by Crippen LogP contribution is -2.63. The number of hydrogen-bond donors (Lipinski definition) is 1. The fourth-order valence-electron chi connectivity index (χ4n) is 1.96. The third-order valence-electron chi connectivity index (χ3n) is 2.79. The first-order valence-corrected chi connectivity index (χ1v) is 6.31. The van der Waals surface area contributed by atoms with Crippen LogP contribution < -0.4 is 5.32 Å². The van der Waals surface area contributed by atoms with Crippen LogP contribution in [0.25, 0.3) is 0 Å². The van der Waals surface area contributed by atoms with E-state index in [9.17, 15) is 9.59 Å². The largest absolute Gasteiger partial charge is 0.425 e. The fraction of sp³-hybridized carbons (Fsp3) is 0.833. The molecule has 1 aliphatic rings. The molecule has 1 rings (SSSR count). The highest BCUT2D eigenvalue weighted by atomic mass is 16.6. The van der Waals surface area contributed by atoms with E-state index in [1.165, 1.54) is 6.92 Å². The minimum Gasteiger partial charge on any atom is -0.425 e. The molecule has 1 N–H and O–H groups in total. The Labute approximate surface area is 108 Å². The monoisotopic (exact) mass is 258 g/mol. The molecule has 1 heterocycles. The van der Waals surface area contributed by atoms with Gasteiger partial charge in [0.1, 0.15) is 0 Å². The van der Waals surface area contributed by atoms with E-state index in [1.807, 2.05) is 11.8 Å². The summed E-state index contributed by atoms with van der Waals surface area (Å²) in [6.07, 6.45) is 1.07. The van der Waals surface area contributed by atoms with Gasteiger partial charge >= 0.3 is 5.97 Å². The molecular weight excluding hydrogens is 236 g/mol. The molecule has 0 aliphatic carbocycles. The van der Waals surface area contributed by atoms with Crippen LogP contribution >= 0.6 is 0 Å². The number of morpholine rings is 1. The minimum absolute atomic E-state index is 0.228. The van der Waals surface area contributed by atoms with E-state index >= 15 is 0 Å². The number of esters is 1. The van der Waals surface area contributed by atoms with Gasteiger partial charge in [-0.3, -0.25) is 9.59 Å². The first-order valence-electron chi connectivity index (χ1n) is 6.31. The third kappa shape index (κ3) is 4.27. The first-order chi connectivity index (χ1) is 8.48. The number of carbonyl (C=O) groups is 2. The van der Waals surface area contributed by atoms with E-state index in [0.29, 0.717) is 32.7 Å².